The molecule has 0 aromatic carbocycles. The molecular formula is C13H21NO3. The smallest absolute Gasteiger partial charge is 0.308 e. The third kappa shape index (κ3) is 2.61. The van der Waals surface area contributed by atoms with Crippen molar-refractivity contribution >= 4 is 11.9 Å². The molecule has 2 fully saturated rings. The average Bonchev–Trinajstić information content (AvgIpc) is 2.74. The number of piperidine rings is 1. The van der Waals surface area contributed by atoms with Gasteiger partial charge in [-0.15, -0.1) is 0 Å². The molecule has 2 rings (SSSR count). The number of hydrogen-bond acceptors (Lipinski definition) is 2. The molecule has 1 saturated heterocycles. The Bertz CT molecular complexity index is 316. The van der Waals surface area contributed by atoms with Crippen molar-refractivity contribution in [1.29, 1.82) is 0 Å². The van der Waals surface area contributed by atoms with Gasteiger partial charge in [-0.05, 0) is 31.6 Å². The molecule has 1 aliphatic heterocycles. The molecule has 2 aliphatic rings. The minimum Gasteiger partial charge on any atom is -0.481 e. The number of rotatable bonds is 2. The summed E-state index contributed by atoms with van der Waals surface area (Å²) in [5, 5.41) is 9.02. The second kappa shape index (κ2) is 5.07. The molecule has 3 unspecified atom stereocenters. The summed E-state index contributed by atoms with van der Waals surface area (Å²) in [6.07, 6.45) is 4.78. The van der Waals surface area contributed by atoms with Gasteiger partial charge in [-0.25, -0.2) is 0 Å². The first-order chi connectivity index (χ1) is 8.09. The predicted molar refractivity (Wildman–Crippen MR) is 63.4 cm³/mol. The van der Waals surface area contributed by atoms with Gasteiger partial charge in [0.25, 0.3) is 0 Å². The van der Waals surface area contributed by atoms with Gasteiger partial charge in [-0.1, -0.05) is 13.3 Å². The van der Waals surface area contributed by atoms with Crippen molar-refractivity contribution in [2.24, 2.45) is 17.8 Å². The first kappa shape index (κ1) is 12.4. The summed E-state index contributed by atoms with van der Waals surface area (Å²) >= 11 is 0. The number of nitrogens with zero attached hydrogens (tertiary/aromatic N) is 1. The van der Waals surface area contributed by atoms with Gasteiger partial charge in [0.2, 0.25) is 5.91 Å². The number of aliphatic carboxylic acids is 1. The molecule has 0 aromatic rings. The summed E-state index contributed by atoms with van der Waals surface area (Å²) in [7, 11) is 0. The van der Waals surface area contributed by atoms with Crippen molar-refractivity contribution in [3.63, 3.8) is 0 Å². The van der Waals surface area contributed by atoms with E-state index in [1.807, 2.05) is 0 Å². The van der Waals surface area contributed by atoms with E-state index in [1.54, 1.807) is 4.90 Å². The minimum atomic E-state index is -0.762. The molecule has 1 amide bonds. The number of likely N-dealkylation sites (tertiary alicyclic amines) is 1. The predicted octanol–water partition coefficient (Wildman–Crippen LogP) is 1.75. The number of carboxylic acid groups (broad SMARTS) is 1. The van der Waals surface area contributed by atoms with Crippen molar-refractivity contribution in [1.82, 2.24) is 4.90 Å². The van der Waals surface area contributed by atoms with Crippen molar-refractivity contribution < 1.29 is 14.7 Å². The number of carbonyl (C=O) groups excluding carboxylic acids is 1. The molecule has 1 heterocycles. The zero-order valence-corrected chi connectivity index (χ0v) is 10.4. The Balaban J connectivity index is 1.97. The van der Waals surface area contributed by atoms with Crippen LogP contribution in [0.3, 0.4) is 0 Å². The van der Waals surface area contributed by atoms with E-state index in [-0.39, 0.29) is 17.7 Å². The summed E-state index contributed by atoms with van der Waals surface area (Å²) in [4.78, 5) is 25.1. The lowest BCUT2D eigenvalue weighted by atomic mass is 9.93. The highest BCUT2D eigenvalue weighted by Crippen LogP contribution is 2.33. The lowest BCUT2D eigenvalue weighted by Gasteiger charge is -2.33. The van der Waals surface area contributed by atoms with E-state index < -0.39 is 5.97 Å². The largest absolute Gasteiger partial charge is 0.481 e. The molecule has 4 heteroatoms. The van der Waals surface area contributed by atoms with Gasteiger partial charge in [0.05, 0.1) is 5.92 Å². The SMILES string of the molecule is CC1CCCC1C(=O)N1CCCC(C(=O)O)C1. The Morgan fingerprint density at radius 2 is 1.94 bits per heavy atom. The molecule has 1 N–H and O–H groups in total. The Morgan fingerprint density at radius 1 is 1.18 bits per heavy atom. The average molecular weight is 239 g/mol. The quantitative estimate of drug-likeness (QED) is 0.798. The summed E-state index contributed by atoms with van der Waals surface area (Å²) in [6.45, 7) is 3.29. The summed E-state index contributed by atoms with van der Waals surface area (Å²) in [6, 6.07) is 0. The number of amides is 1. The van der Waals surface area contributed by atoms with E-state index >= 15 is 0 Å². The van der Waals surface area contributed by atoms with E-state index in [2.05, 4.69) is 6.92 Å². The van der Waals surface area contributed by atoms with Crippen LogP contribution < -0.4 is 0 Å². The summed E-state index contributed by atoms with van der Waals surface area (Å²) < 4.78 is 0. The fraction of sp³-hybridized carbons (Fsp3) is 0.846. The van der Waals surface area contributed by atoms with Crippen molar-refractivity contribution in [2.75, 3.05) is 13.1 Å². The summed E-state index contributed by atoms with van der Waals surface area (Å²) in [5.74, 6) is -0.317. The minimum absolute atomic E-state index is 0.141. The maximum Gasteiger partial charge on any atom is 0.308 e. The van der Waals surface area contributed by atoms with Crippen LogP contribution in [-0.4, -0.2) is 35.0 Å². The molecule has 17 heavy (non-hydrogen) atoms. The van der Waals surface area contributed by atoms with E-state index in [0.29, 0.717) is 18.9 Å². The third-order valence-electron chi connectivity index (χ3n) is 4.26. The lowest BCUT2D eigenvalue weighted by Crippen LogP contribution is -2.45. The number of carboxylic acids is 1. The molecule has 1 aliphatic carbocycles. The standard InChI is InChI=1S/C13H21NO3/c1-9-4-2-6-11(9)12(15)14-7-3-5-10(8-14)13(16)17/h9-11H,2-8H2,1H3,(H,16,17). The lowest BCUT2D eigenvalue weighted by molar-refractivity contribution is -0.147. The zero-order chi connectivity index (χ0) is 12.4. The highest BCUT2D eigenvalue weighted by atomic mass is 16.4. The van der Waals surface area contributed by atoms with Crippen LogP contribution >= 0.6 is 0 Å². The van der Waals surface area contributed by atoms with Gasteiger partial charge >= 0.3 is 5.97 Å². The second-order valence-corrected chi connectivity index (χ2v) is 5.48. The number of hydrogen-bond donors (Lipinski definition) is 1. The van der Waals surface area contributed by atoms with Crippen molar-refractivity contribution in [3.8, 4) is 0 Å². The van der Waals surface area contributed by atoms with Gasteiger partial charge in [0, 0.05) is 19.0 Å². The maximum absolute atomic E-state index is 12.3. The molecule has 0 aromatic heterocycles. The van der Waals surface area contributed by atoms with Gasteiger partial charge in [-0.3, -0.25) is 9.59 Å². The molecular weight excluding hydrogens is 218 g/mol. The topological polar surface area (TPSA) is 57.6 Å². The Morgan fingerprint density at radius 3 is 2.53 bits per heavy atom. The molecule has 3 atom stereocenters. The van der Waals surface area contributed by atoms with E-state index in [9.17, 15) is 9.59 Å². The molecule has 1 saturated carbocycles. The van der Waals surface area contributed by atoms with Crippen LogP contribution in [-0.2, 0) is 9.59 Å². The molecule has 0 radical (unpaired) electrons. The van der Waals surface area contributed by atoms with Crippen LogP contribution in [0.2, 0.25) is 0 Å². The Kier molecular flexibility index (Phi) is 3.69. The van der Waals surface area contributed by atoms with Crippen LogP contribution in [0.25, 0.3) is 0 Å². The number of carbonyl (C=O) groups is 2. The van der Waals surface area contributed by atoms with Crippen LogP contribution in [0.1, 0.15) is 39.0 Å². The summed E-state index contributed by atoms with van der Waals surface area (Å²) in [5.41, 5.74) is 0. The fourth-order valence-electron chi connectivity index (χ4n) is 3.13. The molecule has 0 bridgehead atoms. The van der Waals surface area contributed by atoms with Crippen LogP contribution in [0, 0.1) is 17.8 Å². The normalized spacial score (nSPS) is 33.7. The first-order valence-electron chi connectivity index (χ1n) is 6.61. The monoisotopic (exact) mass is 239 g/mol. The van der Waals surface area contributed by atoms with Gasteiger partial charge in [0.15, 0.2) is 0 Å². The van der Waals surface area contributed by atoms with E-state index in [1.165, 1.54) is 0 Å². The molecule has 96 valence electrons. The van der Waals surface area contributed by atoms with Crippen molar-refractivity contribution in [2.45, 2.75) is 39.0 Å². The van der Waals surface area contributed by atoms with Gasteiger partial charge < -0.3 is 10.0 Å². The van der Waals surface area contributed by atoms with Crippen LogP contribution in [0.4, 0.5) is 0 Å². The molecule has 0 spiro atoms. The molecule has 4 nitrogen and oxygen atoms in total. The van der Waals surface area contributed by atoms with E-state index in [4.69, 9.17) is 5.11 Å². The van der Waals surface area contributed by atoms with Crippen molar-refractivity contribution in [3.05, 3.63) is 0 Å². The fourth-order valence-corrected chi connectivity index (χ4v) is 3.13. The van der Waals surface area contributed by atoms with Crippen LogP contribution in [0.5, 0.6) is 0 Å². The van der Waals surface area contributed by atoms with Crippen LogP contribution in [0.15, 0.2) is 0 Å². The Hall–Kier alpha value is -1.06. The second-order valence-electron chi connectivity index (χ2n) is 5.48. The zero-order valence-electron chi connectivity index (χ0n) is 10.4. The van der Waals surface area contributed by atoms with Gasteiger partial charge in [0.1, 0.15) is 0 Å². The van der Waals surface area contributed by atoms with Gasteiger partial charge in [-0.2, -0.15) is 0 Å². The van der Waals surface area contributed by atoms with E-state index in [0.717, 1.165) is 32.2 Å². The highest BCUT2D eigenvalue weighted by molar-refractivity contribution is 5.80. The maximum atomic E-state index is 12.3. The first-order valence-corrected chi connectivity index (χ1v) is 6.61. The highest BCUT2D eigenvalue weighted by Gasteiger charge is 2.35. The third-order valence-corrected chi connectivity index (χ3v) is 4.26. The Labute approximate surface area is 102 Å².